The van der Waals surface area contributed by atoms with Crippen LogP contribution in [0.4, 0.5) is 0 Å². The van der Waals surface area contributed by atoms with E-state index in [-0.39, 0.29) is 19.1 Å². The molecule has 0 spiro atoms. The van der Waals surface area contributed by atoms with Gasteiger partial charge in [-0.3, -0.25) is 14.4 Å². The summed E-state index contributed by atoms with van der Waals surface area (Å²) in [5.41, 5.74) is 5.63. The summed E-state index contributed by atoms with van der Waals surface area (Å²) in [5, 5.41) is 1.15. The molecule has 0 bridgehead atoms. The minimum atomic E-state index is -0.0949. The molecule has 0 saturated heterocycles. The van der Waals surface area contributed by atoms with Crippen LogP contribution < -0.4 is 0 Å². The van der Waals surface area contributed by atoms with E-state index in [9.17, 15) is 9.59 Å². The zero-order valence-corrected chi connectivity index (χ0v) is 19.7. The van der Waals surface area contributed by atoms with Crippen molar-refractivity contribution in [2.75, 3.05) is 14.2 Å². The number of carbonyl (C=O) groups is 2. The van der Waals surface area contributed by atoms with E-state index in [2.05, 4.69) is 24.8 Å². The summed E-state index contributed by atoms with van der Waals surface area (Å²) in [7, 11) is 6.75. The predicted molar refractivity (Wildman–Crippen MR) is 129 cm³/mol. The zero-order valence-electron chi connectivity index (χ0n) is 19.7. The number of pyridine rings is 2. The molecule has 4 aromatic rings. The van der Waals surface area contributed by atoms with Gasteiger partial charge in [-0.05, 0) is 37.1 Å². The van der Waals surface area contributed by atoms with Gasteiger partial charge in [0.2, 0.25) is 5.91 Å². The van der Waals surface area contributed by atoms with Gasteiger partial charge in [-0.1, -0.05) is 7.43 Å². The maximum Gasteiger partial charge on any atom is 0.242 e. The largest absolute Gasteiger partial charge is 0.318 e. The fraction of sp³-hybridized carbons (Fsp3) is 0.391. The monoisotopic (exact) mass is 455 g/mol. The molecule has 4 heterocycles. The van der Waals surface area contributed by atoms with Gasteiger partial charge in [0.05, 0.1) is 13.4 Å². The van der Waals surface area contributed by atoms with Crippen molar-refractivity contribution in [3.8, 4) is 0 Å². The molecule has 0 aliphatic carbocycles. The van der Waals surface area contributed by atoms with E-state index in [0.717, 1.165) is 38.5 Å². The Morgan fingerprint density at radius 1 is 0.939 bits per heavy atom. The van der Waals surface area contributed by atoms with E-state index in [1.54, 1.807) is 31.2 Å². The van der Waals surface area contributed by atoms with Crippen LogP contribution in [-0.4, -0.2) is 60.0 Å². The summed E-state index contributed by atoms with van der Waals surface area (Å²) in [5.74, 6) is 0.323. The number of hydroxylamine groups is 2. The molecular formula is C23H33N7O3. The highest BCUT2D eigenvalue weighted by molar-refractivity contribution is 5.94. The van der Waals surface area contributed by atoms with Crippen LogP contribution in [0.1, 0.15) is 43.0 Å². The Hall–Kier alpha value is -3.66. The number of imidazole rings is 2. The molecule has 4 rings (SSSR count). The van der Waals surface area contributed by atoms with Crippen molar-refractivity contribution in [3.63, 3.8) is 0 Å². The number of hydrogen-bond donors (Lipinski definition) is 0. The number of hydrogen-bond acceptors (Lipinski definition) is 7. The number of aryl methyl sites for hydroxylation is 4. The SMILES string of the molecule is C.CC(=O)c1nc2cc(C)cnc2n1C.CON(C)C(C)=O.Cc1cnc2c(c1)ncn2C. The number of rotatable bonds is 2. The second-order valence-corrected chi connectivity index (χ2v) is 7.32. The first-order chi connectivity index (χ1) is 15.0. The van der Waals surface area contributed by atoms with Crippen LogP contribution in [-0.2, 0) is 23.7 Å². The number of carbonyl (C=O) groups excluding carboxylic acids is 2. The molecule has 0 aromatic carbocycles. The van der Waals surface area contributed by atoms with E-state index in [1.165, 1.54) is 21.0 Å². The number of amides is 1. The second kappa shape index (κ2) is 11.8. The highest BCUT2D eigenvalue weighted by Gasteiger charge is 2.11. The lowest BCUT2D eigenvalue weighted by atomic mass is 10.3. The fourth-order valence-corrected chi connectivity index (χ4v) is 2.74. The molecule has 1 amide bonds. The summed E-state index contributed by atoms with van der Waals surface area (Å²) in [6.45, 7) is 6.91. The fourth-order valence-electron chi connectivity index (χ4n) is 2.74. The zero-order chi connectivity index (χ0) is 24.0. The van der Waals surface area contributed by atoms with Crippen molar-refractivity contribution in [3.05, 3.63) is 47.8 Å². The molecule has 178 valence electrons. The minimum Gasteiger partial charge on any atom is -0.318 e. The van der Waals surface area contributed by atoms with Gasteiger partial charge < -0.3 is 9.13 Å². The Balaban J connectivity index is 0.000000258. The lowest BCUT2D eigenvalue weighted by Crippen LogP contribution is -2.21. The summed E-state index contributed by atoms with van der Waals surface area (Å²) in [4.78, 5) is 42.8. The Morgan fingerprint density at radius 3 is 1.97 bits per heavy atom. The Kier molecular flexibility index (Phi) is 9.80. The first-order valence-electron chi connectivity index (χ1n) is 9.87. The van der Waals surface area contributed by atoms with Gasteiger partial charge in [-0.15, -0.1) is 0 Å². The molecule has 4 aromatic heterocycles. The number of fused-ring (bicyclic) bond motifs is 2. The third kappa shape index (κ3) is 6.91. The first kappa shape index (κ1) is 27.4. The molecule has 0 atom stereocenters. The van der Waals surface area contributed by atoms with E-state index in [1.807, 2.05) is 43.8 Å². The normalized spacial score (nSPS) is 9.94. The molecule has 0 aliphatic heterocycles. The van der Waals surface area contributed by atoms with E-state index in [0.29, 0.717) is 5.82 Å². The molecule has 0 radical (unpaired) electrons. The van der Waals surface area contributed by atoms with Crippen molar-refractivity contribution < 1.29 is 14.4 Å². The molecule has 0 unspecified atom stereocenters. The van der Waals surface area contributed by atoms with Crippen molar-refractivity contribution in [1.29, 1.82) is 0 Å². The molecule has 33 heavy (non-hydrogen) atoms. The van der Waals surface area contributed by atoms with Crippen molar-refractivity contribution in [2.24, 2.45) is 14.1 Å². The third-order valence-corrected chi connectivity index (χ3v) is 4.57. The van der Waals surface area contributed by atoms with Crippen LogP contribution in [0.25, 0.3) is 22.3 Å². The molecule has 0 aliphatic rings. The second-order valence-electron chi connectivity index (χ2n) is 7.32. The topological polar surface area (TPSA) is 108 Å². The molecule has 0 fully saturated rings. The highest BCUT2D eigenvalue weighted by Crippen LogP contribution is 2.13. The standard InChI is InChI=1S/C10H11N3O.C8H9N3.C4H9NO2.CH4/c1-6-4-8-10(11-5-6)13(3)9(12-8)7(2)14;1-6-3-7-8(9-4-6)11(2)5-10-7;1-4(6)5(2)7-3;/h4-5H,1-3H3;3-5H,1-2H3;1-3H3;1H4. The van der Waals surface area contributed by atoms with Gasteiger partial charge >= 0.3 is 0 Å². The van der Waals surface area contributed by atoms with Crippen molar-refractivity contribution in [2.45, 2.75) is 35.1 Å². The number of nitrogens with zero attached hydrogens (tertiary/aromatic N) is 7. The van der Waals surface area contributed by atoms with Gasteiger partial charge in [0.15, 0.2) is 22.9 Å². The summed E-state index contributed by atoms with van der Waals surface area (Å²) in [6, 6.07) is 3.96. The average molecular weight is 456 g/mol. The highest BCUT2D eigenvalue weighted by atomic mass is 16.7. The smallest absolute Gasteiger partial charge is 0.242 e. The van der Waals surface area contributed by atoms with Crippen LogP contribution in [0.5, 0.6) is 0 Å². The molecule has 10 heteroatoms. The van der Waals surface area contributed by atoms with Gasteiger partial charge in [-0.25, -0.2) is 25.0 Å². The van der Waals surface area contributed by atoms with Gasteiger partial charge in [0.1, 0.15) is 11.0 Å². The molecular weight excluding hydrogens is 422 g/mol. The maximum atomic E-state index is 11.2. The maximum absolute atomic E-state index is 11.2. The number of ketones is 1. The third-order valence-electron chi connectivity index (χ3n) is 4.57. The Bertz CT molecular complexity index is 1240. The quantitative estimate of drug-likeness (QED) is 0.337. The molecule has 0 N–H and O–H groups in total. The van der Waals surface area contributed by atoms with Crippen LogP contribution in [0.15, 0.2) is 30.9 Å². The van der Waals surface area contributed by atoms with Crippen molar-refractivity contribution in [1.82, 2.24) is 34.1 Å². The van der Waals surface area contributed by atoms with Crippen LogP contribution in [0, 0.1) is 13.8 Å². The average Bonchev–Trinajstić information content (AvgIpc) is 3.27. The van der Waals surface area contributed by atoms with Gasteiger partial charge in [0.25, 0.3) is 0 Å². The van der Waals surface area contributed by atoms with Crippen LogP contribution in [0.3, 0.4) is 0 Å². The lowest BCUT2D eigenvalue weighted by Gasteiger charge is -2.08. The summed E-state index contributed by atoms with van der Waals surface area (Å²) < 4.78 is 3.63. The number of Topliss-reactive ketones (excluding diaryl/α,β-unsaturated/α-hetero) is 1. The van der Waals surface area contributed by atoms with Gasteiger partial charge in [0, 0.05) is 47.4 Å². The van der Waals surface area contributed by atoms with E-state index >= 15 is 0 Å². The van der Waals surface area contributed by atoms with E-state index in [4.69, 9.17) is 0 Å². The summed E-state index contributed by atoms with van der Waals surface area (Å²) >= 11 is 0. The molecule has 0 saturated carbocycles. The first-order valence-corrected chi connectivity index (χ1v) is 9.87. The Morgan fingerprint density at radius 2 is 1.48 bits per heavy atom. The minimum absolute atomic E-state index is 0. The van der Waals surface area contributed by atoms with E-state index < -0.39 is 0 Å². The van der Waals surface area contributed by atoms with Crippen LogP contribution >= 0.6 is 0 Å². The Labute approximate surface area is 194 Å². The number of aromatic nitrogens is 6. The summed E-state index contributed by atoms with van der Waals surface area (Å²) in [6.07, 6.45) is 5.40. The van der Waals surface area contributed by atoms with Crippen molar-refractivity contribution >= 4 is 34.0 Å². The lowest BCUT2D eigenvalue weighted by molar-refractivity contribution is -0.165. The van der Waals surface area contributed by atoms with Gasteiger partial charge in [-0.2, -0.15) is 0 Å². The predicted octanol–water partition coefficient (Wildman–Crippen LogP) is 3.42. The molecule has 10 nitrogen and oxygen atoms in total. The van der Waals surface area contributed by atoms with Crippen LogP contribution in [0.2, 0.25) is 0 Å².